The molecule has 0 rings (SSSR count). The van der Waals surface area contributed by atoms with Crippen LogP contribution in [0.4, 0.5) is 0 Å². The molecule has 7 heteroatoms. The second-order valence-electron chi connectivity index (χ2n) is 8.97. The number of unbranched alkanes of at least 4 members (excludes halogenated alkanes) is 12. The summed E-state index contributed by atoms with van der Waals surface area (Å²) in [5.74, 6) is -0.925. The van der Waals surface area contributed by atoms with E-state index >= 15 is 0 Å². The van der Waals surface area contributed by atoms with E-state index in [0.29, 0.717) is 19.3 Å². The molecular formula is C27H50NaO6. The summed E-state index contributed by atoms with van der Waals surface area (Å²) in [6.45, 7) is 6.32. The first kappa shape index (κ1) is 35.6. The monoisotopic (exact) mass is 493 g/mol. The molecule has 6 nitrogen and oxygen atoms in total. The molecule has 0 N–H and O–H groups in total. The van der Waals surface area contributed by atoms with E-state index < -0.39 is 6.10 Å². The summed E-state index contributed by atoms with van der Waals surface area (Å²) in [6.07, 6.45) is 16.0. The van der Waals surface area contributed by atoms with Crippen LogP contribution >= 0.6 is 0 Å². The van der Waals surface area contributed by atoms with Gasteiger partial charge in [-0.25, -0.2) is 0 Å². The van der Waals surface area contributed by atoms with Crippen molar-refractivity contribution in [3.8, 4) is 0 Å². The summed E-state index contributed by atoms with van der Waals surface area (Å²) in [7, 11) is 0. The van der Waals surface area contributed by atoms with Gasteiger partial charge in [0.05, 0.1) is 0 Å². The minimum Gasteiger partial charge on any atom is -0.462 e. The standard InChI is InChI=1S/C27H50O6.Na/c1-4-7-10-13-16-19-25(28)31-22-24(33-27(30)21-18-15-12-9-6-3)23-32-26(29)20-17-14-11-8-5-2;/h24H,4-23H2,1-3H3;. The summed E-state index contributed by atoms with van der Waals surface area (Å²) < 4.78 is 16.1. The van der Waals surface area contributed by atoms with Crippen LogP contribution in [0.3, 0.4) is 0 Å². The van der Waals surface area contributed by atoms with Crippen molar-refractivity contribution in [2.24, 2.45) is 0 Å². The van der Waals surface area contributed by atoms with Crippen LogP contribution in [0, 0.1) is 0 Å². The van der Waals surface area contributed by atoms with Gasteiger partial charge < -0.3 is 14.2 Å². The van der Waals surface area contributed by atoms with Gasteiger partial charge in [-0.3, -0.25) is 14.4 Å². The molecule has 0 saturated heterocycles. The third kappa shape index (κ3) is 24.5. The Morgan fingerprint density at radius 3 is 1.18 bits per heavy atom. The molecule has 0 amide bonds. The van der Waals surface area contributed by atoms with Crippen molar-refractivity contribution in [3.63, 3.8) is 0 Å². The summed E-state index contributed by atoms with van der Waals surface area (Å²) in [5.41, 5.74) is 0. The molecule has 34 heavy (non-hydrogen) atoms. The summed E-state index contributed by atoms with van der Waals surface area (Å²) in [5, 5.41) is 0. The molecule has 0 aromatic heterocycles. The number of carbonyl (C=O) groups excluding carboxylic acids is 3. The van der Waals surface area contributed by atoms with Crippen LogP contribution in [0.15, 0.2) is 0 Å². The molecule has 0 spiro atoms. The van der Waals surface area contributed by atoms with E-state index in [0.717, 1.165) is 77.0 Å². The van der Waals surface area contributed by atoms with Crippen LogP contribution in [-0.4, -0.2) is 66.8 Å². The zero-order valence-electron chi connectivity index (χ0n) is 22.7. The Bertz CT molecular complexity index is 468. The largest absolute Gasteiger partial charge is 0.462 e. The van der Waals surface area contributed by atoms with E-state index in [4.69, 9.17) is 14.2 Å². The molecule has 1 radical (unpaired) electrons. The number of rotatable bonds is 23. The SMILES string of the molecule is CCCCCCCC(=O)OCC(COC(=O)CCCCCCC)OC(=O)CCCCCCC.[Na]. The van der Waals surface area contributed by atoms with E-state index in [-0.39, 0.29) is 60.7 Å². The van der Waals surface area contributed by atoms with Gasteiger partial charge in [-0.1, -0.05) is 97.8 Å². The maximum atomic E-state index is 12.2. The molecule has 0 heterocycles. The molecule has 0 aromatic carbocycles. The number of ether oxygens (including phenoxy) is 3. The topological polar surface area (TPSA) is 78.9 Å². The maximum absolute atomic E-state index is 12.2. The second-order valence-corrected chi connectivity index (χ2v) is 8.97. The molecule has 0 fully saturated rings. The number of hydrogen-bond acceptors (Lipinski definition) is 6. The maximum Gasteiger partial charge on any atom is 0.306 e. The van der Waals surface area contributed by atoms with E-state index in [2.05, 4.69) is 20.8 Å². The van der Waals surface area contributed by atoms with E-state index in [1.807, 2.05) is 0 Å². The van der Waals surface area contributed by atoms with Gasteiger partial charge in [-0.15, -0.1) is 0 Å². The Labute approximate surface area is 230 Å². The molecular weight excluding hydrogens is 443 g/mol. The second kappa shape index (κ2) is 27.0. The van der Waals surface area contributed by atoms with Crippen LogP contribution < -0.4 is 0 Å². The van der Waals surface area contributed by atoms with Crippen molar-refractivity contribution in [3.05, 3.63) is 0 Å². The van der Waals surface area contributed by atoms with Crippen molar-refractivity contribution >= 4 is 47.5 Å². The molecule has 0 aliphatic heterocycles. The van der Waals surface area contributed by atoms with Gasteiger partial charge in [0.1, 0.15) is 13.2 Å². The van der Waals surface area contributed by atoms with Gasteiger partial charge in [0.2, 0.25) is 0 Å². The van der Waals surface area contributed by atoms with Gasteiger partial charge >= 0.3 is 17.9 Å². The van der Waals surface area contributed by atoms with Gasteiger partial charge in [0, 0.05) is 48.8 Å². The molecule has 0 aliphatic carbocycles. The van der Waals surface area contributed by atoms with Gasteiger partial charge in [-0.05, 0) is 19.3 Å². The third-order valence-electron chi connectivity index (χ3n) is 5.61. The molecule has 0 atom stereocenters. The first-order valence-corrected chi connectivity index (χ1v) is 13.5. The molecule has 0 saturated carbocycles. The first-order valence-electron chi connectivity index (χ1n) is 13.5. The van der Waals surface area contributed by atoms with Gasteiger partial charge in [0.25, 0.3) is 0 Å². The minimum atomic E-state index is -0.749. The van der Waals surface area contributed by atoms with Crippen molar-refractivity contribution in [1.82, 2.24) is 0 Å². The minimum absolute atomic E-state index is 0. The number of hydrogen-bond donors (Lipinski definition) is 0. The quantitative estimate of drug-likeness (QED) is 0.0683. The fraction of sp³-hybridized carbons (Fsp3) is 0.889. The average molecular weight is 494 g/mol. The molecule has 195 valence electrons. The summed E-state index contributed by atoms with van der Waals surface area (Å²) in [6, 6.07) is 0. The van der Waals surface area contributed by atoms with Crippen molar-refractivity contribution < 1.29 is 28.6 Å². The predicted octanol–water partition coefficient (Wildman–Crippen LogP) is 6.69. The fourth-order valence-electron chi connectivity index (χ4n) is 3.50. The Balaban J connectivity index is 0. The van der Waals surface area contributed by atoms with Crippen molar-refractivity contribution in [1.29, 1.82) is 0 Å². The summed E-state index contributed by atoms with van der Waals surface area (Å²) in [4.78, 5) is 36.3. The summed E-state index contributed by atoms with van der Waals surface area (Å²) >= 11 is 0. The predicted molar refractivity (Wildman–Crippen MR) is 138 cm³/mol. The van der Waals surface area contributed by atoms with Crippen LogP contribution in [0.1, 0.15) is 136 Å². The Hall–Kier alpha value is -0.590. The fourth-order valence-corrected chi connectivity index (χ4v) is 3.50. The van der Waals surface area contributed by atoms with Crippen molar-refractivity contribution in [2.45, 2.75) is 142 Å². The van der Waals surface area contributed by atoms with Gasteiger partial charge in [0.15, 0.2) is 6.10 Å². The van der Waals surface area contributed by atoms with E-state index in [1.165, 1.54) is 19.3 Å². The van der Waals surface area contributed by atoms with E-state index in [9.17, 15) is 14.4 Å². The Morgan fingerprint density at radius 2 is 0.824 bits per heavy atom. The molecule has 0 aliphatic rings. The first-order chi connectivity index (χ1) is 16.0. The van der Waals surface area contributed by atoms with Crippen LogP contribution in [0.5, 0.6) is 0 Å². The van der Waals surface area contributed by atoms with Crippen LogP contribution in [0.25, 0.3) is 0 Å². The van der Waals surface area contributed by atoms with Crippen LogP contribution in [-0.2, 0) is 28.6 Å². The molecule has 0 bridgehead atoms. The molecule has 0 unspecified atom stereocenters. The Kier molecular flexibility index (Phi) is 28.3. The van der Waals surface area contributed by atoms with E-state index in [1.54, 1.807) is 0 Å². The Morgan fingerprint density at radius 1 is 0.500 bits per heavy atom. The molecule has 0 aromatic rings. The smallest absolute Gasteiger partial charge is 0.306 e. The normalized spacial score (nSPS) is 10.6. The number of carbonyl (C=O) groups is 3. The average Bonchev–Trinajstić information content (AvgIpc) is 2.80. The van der Waals surface area contributed by atoms with Crippen molar-refractivity contribution in [2.75, 3.05) is 13.2 Å². The zero-order valence-corrected chi connectivity index (χ0v) is 24.7. The zero-order chi connectivity index (χ0) is 24.6. The number of esters is 3. The third-order valence-corrected chi connectivity index (χ3v) is 5.61. The van der Waals surface area contributed by atoms with Gasteiger partial charge in [-0.2, -0.15) is 0 Å². The van der Waals surface area contributed by atoms with Crippen LogP contribution in [0.2, 0.25) is 0 Å².